The van der Waals surface area contributed by atoms with Crippen molar-refractivity contribution in [2.75, 3.05) is 0 Å². The van der Waals surface area contributed by atoms with E-state index in [0.29, 0.717) is 37.5 Å². The summed E-state index contributed by atoms with van der Waals surface area (Å²) >= 11 is 0. The van der Waals surface area contributed by atoms with Gasteiger partial charge in [0, 0.05) is 98.7 Å². The molecule has 0 bridgehead atoms. The van der Waals surface area contributed by atoms with Crippen LogP contribution in [0.15, 0.2) is 0 Å². The number of carbonyl (C=O) groups is 11. The topological polar surface area (TPSA) is 423 Å². The van der Waals surface area contributed by atoms with Crippen molar-refractivity contribution in [3.05, 3.63) is 0 Å². The summed E-state index contributed by atoms with van der Waals surface area (Å²) in [5, 5.41) is 32.9. The number of likely N-dealkylation sites (tertiary alicyclic amines) is 2. The molecule has 2 rings (SSSR count). The normalized spacial score (nSPS) is 17.8. The average molecular weight is 1220 g/mol. The van der Waals surface area contributed by atoms with E-state index < -0.39 is 29.6 Å². The standard InChI is InChI=1S/C11H21NO2.C11H20O3.2C10H20N2O2.C10H19NO3.C10H17NO2.2H2O/c1-7(2)5-10(13)9(8(3)4)6-11(12)14;1-7(2)5-10(12)9(8(3)4)6-11(13)14;1-6(2)8-5-10(11,14)12(7(3)4)9(8)13;1-6(2)8(5-9(11)13)10(14)12-7(3)4;1-6(2)8(10(13)14)5-9(12)11-7(3)4;1-6(2)8-5-9(12)11(7(3)4)10(8)13;;/h7-9H,5-6H2,1-4H3,(H2,12,14);7-9H,5-6H2,1-4H3,(H,13,14);6-8,14H,5,11H2,1-4H3;6-8H,5H2,1-4H3,(H2,11,13)(H,12,14);6-8H,5H2,1-4H3,(H,11,12)(H,13,14);6-8H,5H2,1-4H3;2*1H2/p+3. The van der Waals surface area contributed by atoms with Crippen molar-refractivity contribution in [2.24, 2.45) is 100 Å². The quantitative estimate of drug-likeness (QED) is 0.0271. The first-order chi connectivity index (χ1) is 37.6. The fourth-order valence-corrected chi connectivity index (χ4v) is 9.22. The molecule has 23 nitrogen and oxygen atoms in total. The molecule has 85 heavy (non-hydrogen) atoms. The second-order valence-electron chi connectivity index (χ2n) is 26.4. The molecule has 7 unspecified atom stereocenters. The number of nitrogens with one attached hydrogen (secondary N) is 2. The maximum Gasteiger partial charge on any atom is 1.00 e. The van der Waals surface area contributed by atoms with Crippen molar-refractivity contribution in [2.45, 2.75) is 248 Å². The highest BCUT2D eigenvalue weighted by Gasteiger charge is 2.49. The van der Waals surface area contributed by atoms with Crippen LogP contribution in [-0.2, 0) is 63.7 Å². The Bertz CT molecular complexity index is 1950. The Morgan fingerprint density at radius 3 is 1.12 bits per heavy atom. The Kier molecular flexibility index (Phi) is 47.1. The number of ketones is 2. The summed E-state index contributed by atoms with van der Waals surface area (Å²) in [5.41, 5.74) is 15.9. The molecule has 7 atom stereocenters. The summed E-state index contributed by atoms with van der Waals surface area (Å²) in [6.07, 6.45) is 2.08. The van der Waals surface area contributed by atoms with Gasteiger partial charge in [-0.3, -0.25) is 68.3 Å². The number of carbonyl (C=O) groups excluding carboxylic acids is 9. The van der Waals surface area contributed by atoms with Crippen molar-refractivity contribution >= 4 is 64.9 Å². The third-order valence-electron chi connectivity index (χ3n) is 13.8. The Labute approximate surface area is 511 Å². The van der Waals surface area contributed by atoms with Gasteiger partial charge in [-0.1, -0.05) is 111 Å². The number of aliphatic carboxylic acids is 2. The molecule has 17 N–H and O–H groups in total. The number of Topliss-reactive ketones (excluding diaryl/α,β-unsaturated/α-hetero) is 2. The highest BCUT2D eigenvalue weighted by Crippen LogP contribution is 2.35. The van der Waals surface area contributed by atoms with E-state index >= 15 is 0 Å². The number of nitrogens with two attached hydrogens (primary N) is 3. The zero-order valence-corrected chi connectivity index (χ0v) is 56.7. The maximum atomic E-state index is 11.9. The van der Waals surface area contributed by atoms with Crippen LogP contribution in [0.1, 0.15) is 219 Å². The van der Waals surface area contributed by atoms with Gasteiger partial charge in [0.05, 0.1) is 12.3 Å². The van der Waals surface area contributed by atoms with Gasteiger partial charge in [0.2, 0.25) is 41.4 Å². The van der Waals surface area contributed by atoms with Crippen LogP contribution in [0.5, 0.6) is 0 Å². The van der Waals surface area contributed by atoms with Crippen LogP contribution in [0.25, 0.3) is 0 Å². The van der Waals surface area contributed by atoms with Crippen LogP contribution in [0, 0.1) is 82.9 Å². The van der Waals surface area contributed by atoms with Crippen LogP contribution in [0.3, 0.4) is 0 Å². The van der Waals surface area contributed by atoms with E-state index in [1.807, 2.05) is 152 Å². The largest absolute Gasteiger partial charge is 1.00 e. The van der Waals surface area contributed by atoms with Gasteiger partial charge in [0.15, 0.2) is 5.85 Å². The second-order valence-corrected chi connectivity index (χ2v) is 26.4. The van der Waals surface area contributed by atoms with Crippen molar-refractivity contribution in [1.82, 2.24) is 20.4 Å². The average Bonchev–Trinajstić information content (AvgIpc) is 3.74. The summed E-state index contributed by atoms with van der Waals surface area (Å²) in [6.45, 7) is 45.9. The van der Waals surface area contributed by atoms with Crippen LogP contribution >= 0.6 is 0 Å². The Balaban J connectivity index is -0.000000173. The Morgan fingerprint density at radius 1 is 0.518 bits per heavy atom. The molecule has 2 saturated heterocycles. The number of carboxylic acid groups (broad SMARTS) is 2. The number of imide groups is 1. The maximum absolute atomic E-state index is 11.9. The molecule has 0 aliphatic carbocycles. The third kappa shape index (κ3) is 38.4. The molecule has 0 saturated carbocycles. The molecule has 0 radical (unpaired) electrons. The lowest BCUT2D eigenvalue weighted by Crippen LogP contribution is -2.55. The predicted molar refractivity (Wildman–Crippen MR) is 336 cm³/mol. The van der Waals surface area contributed by atoms with Gasteiger partial charge < -0.3 is 48.4 Å². The number of primary amides is 2. The molecule has 0 aromatic carbocycles. The number of carboxylic acids is 2. The van der Waals surface area contributed by atoms with Crippen LogP contribution in [0.4, 0.5) is 0 Å². The summed E-state index contributed by atoms with van der Waals surface area (Å²) in [7, 11) is 0. The highest BCUT2D eigenvalue weighted by molar-refractivity contribution is 6.04. The fourth-order valence-electron chi connectivity index (χ4n) is 9.22. The number of hydrogen-bond donors (Lipinski definition) is 8. The van der Waals surface area contributed by atoms with Gasteiger partial charge in [-0.2, -0.15) is 0 Å². The number of amides is 7. The van der Waals surface area contributed by atoms with E-state index in [4.69, 9.17) is 27.4 Å². The van der Waals surface area contributed by atoms with Gasteiger partial charge in [-0.25, -0.2) is 0 Å². The third-order valence-corrected chi connectivity index (χ3v) is 13.8. The van der Waals surface area contributed by atoms with Gasteiger partial charge in [0.1, 0.15) is 11.6 Å². The van der Waals surface area contributed by atoms with Gasteiger partial charge >= 0.3 is 13.4 Å². The first-order valence-electron chi connectivity index (χ1n) is 30.0. The molecular formula is C62H124N7O16+3. The summed E-state index contributed by atoms with van der Waals surface area (Å²) < 4.78 is 0. The van der Waals surface area contributed by atoms with Crippen LogP contribution in [-0.4, -0.2) is 120 Å². The molecular weight excluding hydrogens is 1100 g/mol. The minimum atomic E-state index is -1.46. The number of aliphatic hydroxyl groups is 1. The van der Waals surface area contributed by atoms with Crippen LogP contribution < -0.4 is 27.8 Å². The lowest BCUT2D eigenvalue weighted by Gasteiger charge is -2.32. The molecule has 2 aliphatic rings. The van der Waals surface area contributed by atoms with Crippen molar-refractivity contribution in [3.63, 3.8) is 0 Å². The lowest BCUT2D eigenvalue weighted by atomic mass is 9.85. The number of rotatable bonds is 26. The second kappa shape index (κ2) is 44.1. The number of hydrogen-bond acceptors (Lipinski definition) is 13. The van der Waals surface area contributed by atoms with Gasteiger partial charge in [-0.15, -0.1) is 0 Å². The first-order valence-corrected chi connectivity index (χ1v) is 30.0. The van der Waals surface area contributed by atoms with E-state index in [1.54, 1.807) is 13.8 Å². The predicted octanol–water partition coefficient (Wildman–Crippen LogP) is 6.21. The zero-order valence-electron chi connectivity index (χ0n) is 57.7. The number of nitrogens with zero attached hydrogens (tertiary/aromatic N) is 2. The smallest absolute Gasteiger partial charge is 0.481 e. The molecule has 0 spiro atoms. The molecule has 0 aromatic rings. The molecule has 7 amide bonds. The van der Waals surface area contributed by atoms with E-state index in [1.165, 1.54) is 9.80 Å². The molecule has 2 heterocycles. The lowest BCUT2D eigenvalue weighted by molar-refractivity contribution is -0.150. The molecule has 23 heteroatoms. The van der Waals surface area contributed by atoms with E-state index in [0.717, 1.165) is 0 Å². The van der Waals surface area contributed by atoms with E-state index in [9.17, 15) is 57.8 Å². The van der Waals surface area contributed by atoms with Gasteiger partial charge in [0.25, 0.3) is 0 Å². The monoisotopic (exact) mass is 1220 g/mol. The summed E-state index contributed by atoms with van der Waals surface area (Å²) in [5.74, 6) is -4.26. The SMILES string of the molecule is CC(C)C1CC(=O)N(C(C)C)C1=O.CC(C)C1CC(N)(O)N(C(C)C)C1=O.CC(C)CC(=O)C(CC(=O)O)C(C)C.CC(C)CC(=O)C(CC(N)=O)C(C)C.CC(C)NC(=O)C(CC(N)=O)C(C)C.CC(C)NC(=O)CC(C(=O)O)C(C)C.[H+].[OH3+].[OH3+]. The van der Waals surface area contributed by atoms with Crippen molar-refractivity contribution in [3.8, 4) is 0 Å². The highest BCUT2D eigenvalue weighted by atomic mass is 16.4. The first kappa shape index (κ1) is 90.8. The van der Waals surface area contributed by atoms with E-state index in [2.05, 4.69) is 10.6 Å². The van der Waals surface area contributed by atoms with Crippen molar-refractivity contribution < 1.29 is 80.4 Å². The molecule has 2 aliphatic heterocycles. The summed E-state index contributed by atoms with van der Waals surface area (Å²) in [6, 6.07) is 0.103. The zero-order chi connectivity index (χ0) is 66.5. The van der Waals surface area contributed by atoms with Crippen molar-refractivity contribution in [1.29, 1.82) is 0 Å². The minimum Gasteiger partial charge on any atom is -0.481 e. The fraction of sp³-hybridized carbons (Fsp3) is 0.823. The summed E-state index contributed by atoms with van der Waals surface area (Å²) in [4.78, 5) is 127. The van der Waals surface area contributed by atoms with E-state index in [-0.39, 0.29) is 174 Å². The Morgan fingerprint density at radius 2 is 0.882 bits per heavy atom. The van der Waals surface area contributed by atoms with Crippen LogP contribution in [0.2, 0.25) is 0 Å². The molecule has 0 aromatic heterocycles. The van der Waals surface area contributed by atoms with Gasteiger partial charge in [-0.05, 0) is 103 Å². The molecule has 2 fully saturated rings. The minimum absolute atomic E-state index is 0. The Hall–Kier alpha value is -5.39. The molecule has 500 valence electrons.